The molecule has 0 saturated carbocycles. The van der Waals surface area contributed by atoms with Crippen LogP contribution in [0, 0.1) is 12.8 Å². The van der Waals surface area contributed by atoms with Gasteiger partial charge in [0.25, 0.3) is 0 Å². The molecule has 2 aliphatic carbocycles. The van der Waals surface area contributed by atoms with Crippen LogP contribution in [0.2, 0.25) is 0 Å². The van der Waals surface area contributed by atoms with E-state index in [1.165, 1.54) is 42.4 Å². The van der Waals surface area contributed by atoms with Gasteiger partial charge in [-0.05, 0) is 79.2 Å². The summed E-state index contributed by atoms with van der Waals surface area (Å²) in [7, 11) is 0. The minimum absolute atomic E-state index is 0.221. The van der Waals surface area contributed by atoms with Gasteiger partial charge in [0.1, 0.15) is 0 Å². The molecule has 0 radical (unpaired) electrons. The molecule has 0 amide bonds. The minimum Gasteiger partial charge on any atom is -0.0798 e. The van der Waals surface area contributed by atoms with Gasteiger partial charge in [0.2, 0.25) is 0 Å². The monoisotopic (exact) mass is 378 g/mol. The predicted octanol–water partition coefficient (Wildman–Crippen LogP) is 7.31. The first-order chi connectivity index (χ1) is 14.2. The highest BCUT2D eigenvalue weighted by atomic mass is 14.5. The number of hydrogen-bond acceptors (Lipinski definition) is 0. The second-order valence-corrected chi connectivity index (χ2v) is 9.07. The van der Waals surface area contributed by atoms with Gasteiger partial charge >= 0.3 is 0 Å². The lowest BCUT2D eigenvalue weighted by Crippen LogP contribution is -2.39. The van der Waals surface area contributed by atoms with E-state index < -0.39 is 0 Å². The van der Waals surface area contributed by atoms with Crippen molar-refractivity contribution in [3.63, 3.8) is 0 Å². The maximum absolute atomic E-state index is 2.56. The van der Waals surface area contributed by atoms with E-state index in [1.54, 1.807) is 16.7 Å². The molecule has 0 heterocycles. The first-order valence-corrected chi connectivity index (χ1v) is 11.1. The third kappa shape index (κ3) is 3.46. The van der Waals surface area contributed by atoms with Gasteiger partial charge in [0.05, 0.1) is 0 Å². The Balaban J connectivity index is 1.63. The van der Waals surface area contributed by atoms with Crippen molar-refractivity contribution in [1.29, 1.82) is 0 Å². The molecule has 0 aliphatic heterocycles. The SMILES string of the molecule is Cc1ccc2c(c1)CCC[C@H]1CC(c3ccccc3)=CC[C@@]21Cc1ccccc1. The summed E-state index contributed by atoms with van der Waals surface area (Å²) < 4.78 is 0. The van der Waals surface area contributed by atoms with Crippen molar-refractivity contribution in [2.24, 2.45) is 5.92 Å². The Bertz CT molecular complexity index is 1010. The van der Waals surface area contributed by atoms with Gasteiger partial charge in [0.15, 0.2) is 0 Å². The molecule has 3 aromatic rings. The molecule has 0 unspecified atom stereocenters. The van der Waals surface area contributed by atoms with Crippen molar-refractivity contribution >= 4 is 5.57 Å². The Morgan fingerprint density at radius 2 is 1.66 bits per heavy atom. The number of rotatable bonds is 3. The van der Waals surface area contributed by atoms with Crippen LogP contribution in [0.5, 0.6) is 0 Å². The Labute approximate surface area is 175 Å². The molecule has 0 aromatic heterocycles. The number of fused-ring (bicyclic) bond motifs is 3. The summed E-state index contributed by atoms with van der Waals surface area (Å²) in [6.07, 6.45) is 9.91. The Hall–Kier alpha value is -2.60. The second kappa shape index (κ2) is 7.67. The zero-order valence-electron chi connectivity index (χ0n) is 17.4. The quantitative estimate of drug-likeness (QED) is 0.448. The average molecular weight is 379 g/mol. The van der Waals surface area contributed by atoms with Crippen LogP contribution in [0.25, 0.3) is 5.57 Å². The number of hydrogen-bond donors (Lipinski definition) is 0. The molecule has 0 spiro atoms. The normalized spacial score (nSPS) is 23.5. The van der Waals surface area contributed by atoms with E-state index in [4.69, 9.17) is 0 Å². The molecule has 146 valence electrons. The third-order valence-corrected chi connectivity index (χ3v) is 7.26. The highest BCUT2D eigenvalue weighted by Gasteiger charge is 2.44. The highest BCUT2D eigenvalue weighted by molar-refractivity contribution is 5.67. The first-order valence-electron chi connectivity index (χ1n) is 11.1. The van der Waals surface area contributed by atoms with Crippen molar-refractivity contribution in [3.8, 4) is 0 Å². The van der Waals surface area contributed by atoms with Crippen LogP contribution >= 0.6 is 0 Å². The zero-order chi connectivity index (χ0) is 19.7. The van der Waals surface area contributed by atoms with Crippen molar-refractivity contribution in [3.05, 3.63) is 113 Å². The summed E-state index contributed by atoms with van der Waals surface area (Å²) in [5.74, 6) is 0.701. The summed E-state index contributed by atoms with van der Waals surface area (Å²) in [6, 6.07) is 29.5. The maximum Gasteiger partial charge on any atom is 0.00621 e. The molecule has 0 bridgehead atoms. The molecule has 0 fully saturated rings. The van der Waals surface area contributed by atoms with Crippen LogP contribution in [-0.4, -0.2) is 0 Å². The number of benzene rings is 3. The highest BCUT2D eigenvalue weighted by Crippen LogP contribution is 2.52. The first kappa shape index (κ1) is 18.4. The predicted molar refractivity (Wildman–Crippen MR) is 123 cm³/mol. The fourth-order valence-electron chi connectivity index (χ4n) is 5.84. The molecule has 0 N–H and O–H groups in total. The lowest BCUT2D eigenvalue weighted by atomic mass is 9.59. The van der Waals surface area contributed by atoms with Gasteiger partial charge in [-0.25, -0.2) is 0 Å². The summed E-state index contributed by atoms with van der Waals surface area (Å²) in [4.78, 5) is 0. The lowest BCUT2D eigenvalue weighted by Gasteiger charge is -2.45. The van der Waals surface area contributed by atoms with E-state index in [-0.39, 0.29) is 5.41 Å². The average Bonchev–Trinajstić information content (AvgIpc) is 2.91. The summed E-state index contributed by atoms with van der Waals surface area (Å²) >= 11 is 0. The molecule has 29 heavy (non-hydrogen) atoms. The van der Waals surface area contributed by atoms with Gasteiger partial charge in [-0.3, -0.25) is 0 Å². The number of allylic oxidation sites excluding steroid dienone is 2. The molecule has 5 rings (SSSR count). The Kier molecular flexibility index (Phi) is 4.87. The smallest absolute Gasteiger partial charge is 0.00621 e. The largest absolute Gasteiger partial charge is 0.0798 e. The molecular formula is C29H30. The third-order valence-electron chi connectivity index (χ3n) is 7.26. The van der Waals surface area contributed by atoms with Crippen LogP contribution in [0.4, 0.5) is 0 Å². The number of aryl methyl sites for hydroxylation is 2. The van der Waals surface area contributed by atoms with Crippen molar-refractivity contribution < 1.29 is 0 Å². The molecule has 0 nitrogen and oxygen atoms in total. The van der Waals surface area contributed by atoms with Crippen LogP contribution in [0.15, 0.2) is 84.9 Å². The van der Waals surface area contributed by atoms with Crippen LogP contribution in [0.1, 0.15) is 53.5 Å². The van der Waals surface area contributed by atoms with Crippen molar-refractivity contribution in [1.82, 2.24) is 0 Å². The van der Waals surface area contributed by atoms with E-state index in [2.05, 4.69) is 91.9 Å². The van der Waals surface area contributed by atoms with Crippen LogP contribution < -0.4 is 0 Å². The summed E-state index contributed by atoms with van der Waals surface area (Å²) in [5, 5.41) is 0. The fourth-order valence-corrected chi connectivity index (χ4v) is 5.84. The van der Waals surface area contributed by atoms with Crippen LogP contribution in [0.3, 0.4) is 0 Å². The van der Waals surface area contributed by atoms with Gasteiger partial charge in [-0.15, -0.1) is 0 Å². The van der Waals surface area contributed by atoms with Crippen molar-refractivity contribution in [2.75, 3.05) is 0 Å². The van der Waals surface area contributed by atoms with Crippen molar-refractivity contribution in [2.45, 2.75) is 50.9 Å². The molecule has 0 saturated heterocycles. The van der Waals surface area contributed by atoms with E-state index in [0.29, 0.717) is 5.92 Å². The molecule has 3 aromatic carbocycles. The standard InChI is InChI=1S/C29H30/c1-22-15-16-28-26(19-22)13-8-14-27-20-25(24-11-6-3-7-12-24)17-18-29(27,28)21-23-9-4-2-5-10-23/h2-7,9-12,15-17,19,27H,8,13-14,18,20-21H2,1H3/t27-,29-/m0/s1. The van der Waals surface area contributed by atoms with E-state index in [9.17, 15) is 0 Å². The Morgan fingerprint density at radius 1 is 0.897 bits per heavy atom. The van der Waals surface area contributed by atoms with Gasteiger partial charge in [-0.1, -0.05) is 90.5 Å². The van der Waals surface area contributed by atoms with Gasteiger partial charge < -0.3 is 0 Å². The van der Waals surface area contributed by atoms with E-state index >= 15 is 0 Å². The molecule has 0 heteroatoms. The molecule has 2 aliphatic rings. The summed E-state index contributed by atoms with van der Waals surface area (Å²) in [6.45, 7) is 2.24. The lowest BCUT2D eigenvalue weighted by molar-refractivity contribution is 0.248. The second-order valence-electron chi connectivity index (χ2n) is 9.07. The van der Waals surface area contributed by atoms with Gasteiger partial charge in [-0.2, -0.15) is 0 Å². The Morgan fingerprint density at radius 3 is 2.45 bits per heavy atom. The van der Waals surface area contributed by atoms with Crippen LogP contribution in [-0.2, 0) is 18.3 Å². The molecular weight excluding hydrogens is 348 g/mol. The molecule has 2 atom stereocenters. The topological polar surface area (TPSA) is 0 Å². The van der Waals surface area contributed by atoms with E-state index in [0.717, 1.165) is 12.8 Å². The summed E-state index contributed by atoms with van der Waals surface area (Å²) in [5.41, 5.74) is 9.27. The van der Waals surface area contributed by atoms with Gasteiger partial charge in [0, 0.05) is 5.41 Å². The fraction of sp³-hybridized carbons (Fsp3) is 0.310. The maximum atomic E-state index is 2.56. The van der Waals surface area contributed by atoms with E-state index in [1.807, 2.05) is 0 Å². The minimum atomic E-state index is 0.221. The zero-order valence-corrected chi connectivity index (χ0v) is 17.4.